The first-order chi connectivity index (χ1) is 18.6. The summed E-state index contributed by atoms with van der Waals surface area (Å²) in [6.07, 6.45) is 3.06. The van der Waals surface area contributed by atoms with E-state index in [1.165, 1.54) is 23.8 Å². The summed E-state index contributed by atoms with van der Waals surface area (Å²) in [5.41, 5.74) is 4.63. The first kappa shape index (κ1) is 34.3. The fraction of sp³-hybridized carbons (Fsp3) is 0.606. The Labute approximate surface area is 247 Å². The van der Waals surface area contributed by atoms with E-state index in [1.807, 2.05) is 12.1 Å². The number of methoxy groups -OCH3 is 1. The Kier molecular flexibility index (Phi) is 13.1. The first-order valence-electron chi connectivity index (χ1n) is 14.5. The lowest BCUT2D eigenvalue weighted by molar-refractivity contribution is -0.140. The fourth-order valence-corrected chi connectivity index (χ4v) is 6.63. The van der Waals surface area contributed by atoms with Crippen LogP contribution in [0.4, 0.5) is 0 Å². The van der Waals surface area contributed by atoms with Crippen molar-refractivity contribution in [2.75, 3.05) is 7.11 Å². The number of aryl methyl sites for hydroxylation is 1. The van der Waals surface area contributed by atoms with Crippen LogP contribution in [-0.2, 0) is 31.4 Å². The number of hydrogen-bond donors (Lipinski definition) is 0. The highest BCUT2D eigenvalue weighted by Crippen LogP contribution is 2.45. The van der Waals surface area contributed by atoms with E-state index < -0.39 is 18.1 Å². The van der Waals surface area contributed by atoms with Crippen molar-refractivity contribution in [3.8, 4) is 5.75 Å². The summed E-state index contributed by atoms with van der Waals surface area (Å²) in [6, 6.07) is 15.0. The van der Waals surface area contributed by atoms with Gasteiger partial charge in [-0.15, -0.1) is 0 Å². The van der Waals surface area contributed by atoms with Crippen LogP contribution in [0.1, 0.15) is 95.3 Å². The number of hydrogen-bond acceptors (Lipinski definition) is 5. The second-order valence-corrected chi connectivity index (χ2v) is 17.3. The molecule has 0 aromatic heterocycles. The van der Waals surface area contributed by atoms with Crippen LogP contribution in [0.5, 0.6) is 5.75 Å². The SMILES string of the molecule is COC(=O)CCCCc1cccc(OCc2ccc(C(O[Si](C)C)C(C)(C)C)c(C(O[Si](C)C)C(C)(C)C)c2)c1. The van der Waals surface area contributed by atoms with Gasteiger partial charge in [-0.05, 0) is 96.7 Å². The third-order valence-electron chi connectivity index (χ3n) is 6.62. The van der Waals surface area contributed by atoms with E-state index in [0.717, 1.165) is 30.6 Å². The first-order valence-corrected chi connectivity index (χ1v) is 19.3. The highest BCUT2D eigenvalue weighted by Gasteiger charge is 2.36. The zero-order chi connectivity index (χ0) is 30.1. The molecule has 0 aliphatic rings. The zero-order valence-corrected chi connectivity index (χ0v) is 28.8. The van der Waals surface area contributed by atoms with Gasteiger partial charge in [0.2, 0.25) is 18.1 Å². The molecule has 222 valence electrons. The summed E-state index contributed by atoms with van der Waals surface area (Å²) < 4.78 is 24.4. The Balaban J connectivity index is 2.34. The number of unbranched alkanes of at least 4 members (excludes halogenated alkanes) is 1. The Morgan fingerprint density at radius 2 is 1.38 bits per heavy atom. The molecule has 0 aliphatic heterocycles. The molecule has 0 fully saturated rings. The molecule has 2 aromatic rings. The summed E-state index contributed by atoms with van der Waals surface area (Å²) in [4.78, 5) is 11.4. The van der Waals surface area contributed by atoms with Gasteiger partial charge in [-0.25, -0.2) is 0 Å². The average Bonchev–Trinajstić information content (AvgIpc) is 2.86. The normalized spacial score (nSPS) is 13.9. The van der Waals surface area contributed by atoms with Gasteiger partial charge in [0.1, 0.15) is 12.4 Å². The number of carbonyl (C=O) groups excluding carboxylic acids is 1. The maximum absolute atomic E-state index is 11.4. The quantitative estimate of drug-likeness (QED) is 0.126. The van der Waals surface area contributed by atoms with E-state index in [0.29, 0.717) is 13.0 Å². The Bertz CT molecular complexity index is 1070. The van der Waals surface area contributed by atoms with Crippen molar-refractivity contribution < 1.29 is 23.1 Å². The number of carbonyl (C=O) groups is 1. The van der Waals surface area contributed by atoms with E-state index in [-0.39, 0.29) is 29.0 Å². The van der Waals surface area contributed by atoms with Crippen molar-refractivity contribution in [3.63, 3.8) is 0 Å². The minimum absolute atomic E-state index is 0.0185. The Morgan fingerprint density at radius 3 is 1.93 bits per heavy atom. The van der Waals surface area contributed by atoms with Crippen molar-refractivity contribution in [3.05, 3.63) is 64.7 Å². The van der Waals surface area contributed by atoms with Crippen LogP contribution in [0.2, 0.25) is 26.2 Å². The van der Waals surface area contributed by atoms with Crippen LogP contribution in [0.15, 0.2) is 42.5 Å². The number of esters is 1. The molecule has 0 saturated carbocycles. The highest BCUT2D eigenvalue weighted by atomic mass is 28.3. The minimum atomic E-state index is -0.942. The molecule has 0 spiro atoms. The molecule has 2 atom stereocenters. The standard InChI is InChI=1S/C33H52O5Si2/c1-32(2,3)30(37-39(8)9)27-20-19-25(22-28(27)31(33(4,5)6)38-40(10)11)23-36-26-17-14-16-24(21-26)15-12-13-18-29(34)35-7/h14,16-17,19-22,30-31H,12-13,15,18,23H2,1-11H3. The lowest BCUT2D eigenvalue weighted by atomic mass is 9.77. The van der Waals surface area contributed by atoms with Gasteiger partial charge >= 0.3 is 5.97 Å². The smallest absolute Gasteiger partial charge is 0.305 e. The summed E-state index contributed by atoms with van der Waals surface area (Å²) in [5.74, 6) is 0.704. The third-order valence-corrected chi connectivity index (χ3v) is 8.04. The van der Waals surface area contributed by atoms with Gasteiger partial charge in [-0.3, -0.25) is 4.79 Å². The Hall–Kier alpha value is -1.94. The van der Waals surface area contributed by atoms with Crippen molar-refractivity contribution in [1.29, 1.82) is 0 Å². The van der Waals surface area contributed by atoms with Crippen LogP contribution >= 0.6 is 0 Å². The number of benzene rings is 2. The van der Waals surface area contributed by atoms with Gasteiger partial charge < -0.3 is 18.3 Å². The monoisotopic (exact) mass is 584 g/mol. The van der Waals surface area contributed by atoms with Crippen molar-refractivity contribution >= 4 is 24.0 Å². The Morgan fingerprint density at radius 1 is 0.775 bits per heavy atom. The molecule has 0 aliphatic carbocycles. The minimum Gasteiger partial charge on any atom is -0.489 e. The van der Waals surface area contributed by atoms with E-state index >= 15 is 0 Å². The summed E-state index contributed by atoms with van der Waals surface area (Å²) in [6.45, 7) is 22.8. The molecule has 0 heterocycles. The van der Waals surface area contributed by atoms with E-state index in [1.54, 1.807) is 0 Å². The lowest BCUT2D eigenvalue weighted by Gasteiger charge is -2.39. The summed E-state index contributed by atoms with van der Waals surface area (Å²) >= 11 is 0. The summed E-state index contributed by atoms with van der Waals surface area (Å²) in [7, 11) is -0.424. The van der Waals surface area contributed by atoms with Gasteiger partial charge in [-0.1, -0.05) is 65.8 Å². The second kappa shape index (κ2) is 15.3. The zero-order valence-electron chi connectivity index (χ0n) is 26.8. The lowest BCUT2D eigenvalue weighted by Crippen LogP contribution is -2.31. The van der Waals surface area contributed by atoms with Crippen LogP contribution in [0.25, 0.3) is 0 Å². The maximum atomic E-state index is 11.4. The average molecular weight is 585 g/mol. The molecule has 2 rings (SSSR count). The molecule has 2 aromatic carbocycles. The third kappa shape index (κ3) is 11.1. The van der Waals surface area contributed by atoms with Gasteiger partial charge in [0, 0.05) is 6.42 Å². The van der Waals surface area contributed by atoms with Crippen LogP contribution < -0.4 is 4.74 Å². The van der Waals surface area contributed by atoms with Gasteiger partial charge in [0.25, 0.3) is 0 Å². The van der Waals surface area contributed by atoms with Crippen LogP contribution in [0.3, 0.4) is 0 Å². The topological polar surface area (TPSA) is 54.0 Å². The molecule has 40 heavy (non-hydrogen) atoms. The molecule has 2 radical (unpaired) electrons. The van der Waals surface area contributed by atoms with Crippen LogP contribution in [0, 0.1) is 10.8 Å². The highest BCUT2D eigenvalue weighted by molar-refractivity contribution is 6.48. The largest absolute Gasteiger partial charge is 0.489 e. The molecular weight excluding hydrogens is 533 g/mol. The van der Waals surface area contributed by atoms with Crippen molar-refractivity contribution in [2.24, 2.45) is 10.8 Å². The van der Waals surface area contributed by atoms with Gasteiger partial charge in [-0.2, -0.15) is 0 Å². The maximum Gasteiger partial charge on any atom is 0.305 e. The molecule has 0 amide bonds. The number of rotatable bonds is 14. The van der Waals surface area contributed by atoms with Gasteiger partial charge in [0.15, 0.2) is 0 Å². The number of ether oxygens (including phenoxy) is 2. The predicted molar refractivity (Wildman–Crippen MR) is 168 cm³/mol. The second-order valence-electron chi connectivity index (χ2n) is 13.2. The van der Waals surface area contributed by atoms with Crippen molar-refractivity contribution in [2.45, 2.75) is 112 Å². The molecular formula is C33H52O5Si2. The molecule has 7 heteroatoms. The van der Waals surface area contributed by atoms with Crippen molar-refractivity contribution in [1.82, 2.24) is 0 Å². The van der Waals surface area contributed by atoms with Gasteiger partial charge in [0.05, 0.1) is 19.3 Å². The predicted octanol–water partition coefficient (Wildman–Crippen LogP) is 8.86. The molecule has 0 saturated heterocycles. The summed E-state index contributed by atoms with van der Waals surface area (Å²) in [5, 5.41) is 0. The van der Waals surface area contributed by atoms with Crippen LogP contribution in [-0.4, -0.2) is 31.2 Å². The fourth-order valence-electron chi connectivity index (χ4n) is 4.72. The van der Waals surface area contributed by atoms with E-state index in [2.05, 4.69) is 98.1 Å². The molecule has 5 nitrogen and oxygen atoms in total. The molecule has 2 unspecified atom stereocenters. The van der Waals surface area contributed by atoms with E-state index in [9.17, 15) is 4.79 Å². The molecule has 0 N–H and O–H groups in total. The molecule has 0 bridgehead atoms. The van der Waals surface area contributed by atoms with E-state index in [4.69, 9.17) is 18.3 Å².